The third-order valence-corrected chi connectivity index (χ3v) is 13.1. The maximum atomic E-state index is 6.12. The van der Waals surface area contributed by atoms with E-state index in [0.717, 1.165) is 13.2 Å². The molecule has 0 aromatic rings. The summed E-state index contributed by atoms with van der Waals surface area (Å²) in [7, 11) is -3.78. The quantitative estimate of drug-likeness (QED) is 0.393. The van der Waals surface area contributed by atoms with Crippen molar-refractivity contribution in [3.63, 3.8) is 0 Å². The van der Waals surface area contributed by atoms with Crippen LogP contribution in [0.15, 0.2) is 0 Å². The van der Waals surface area contributed by atoms with Crippen molar-refractivity contribution in [3.8, 4) is 0 Å². The summed E-state index contributed by atoms with van der Waals surface area (Å²) in [5.41, 5.74) is 0. The Labute approximate surface area is 147 Å². The Balaban J connectivity index is 4.77. The molecule has 6 heteroatoms. The van der Waals surface area contributed by atoms with Crippen LogP contribution in [0.2, 0.25) is 24.7 Å². The number of nitrogens with zero attached hydrogens (tertiary/aromatic N) is 1. The molecular weight excluding hydrogens is 322 g/mol. The van der Waals surface area contributed by atoms with Gasteiger partial charge in [-0.05, 0) is 44.9 Å². The smallest absolute Gasteiger partial charge is 0.374 e. The van der Waals surface area contributed by atoms with E-state index >= 15 is 0 Å². The summed E-state index contributed by atoms with van der Waals surface area (Å²) in [6, 6.07) is 3.99. The zero-order valence-corrected chi connectivity index (χ0v) is 18.7. The van der Waals surface area contributed by atoms with Crippen molar-refractivity contribution < 1.29 is 13.3 Å². The van der Waals surface area contributed by atoms with Crippen LogP contribution in [0.4, 0.5) is 0 Å². The second-order valence-electron chi connectivity index (χ2n) is 6.20. The van der Waals surface area contributed by atoms with Crippen molar-refractivity contribution in [1.82, 2.24) is 4.57 Å². The fourth-order valence-electron chi connectivity index (χ4n) is 3.35. The van der Waals surface area contributed by atoms with Crippen LogP contribution < -0.4 is 0 Å². The minimum Gasteiger partial charge on any atom is -0.374 e. The lowest BCUT2D eigenvalue weighted by Gasteiger charge is -2.41. The molecule has 0 atom stereocenters. The fourth-order valence-corrected chi connectivity index (χ4v) is 9.15. The van der Waals surface area contributed by atoms with Gasteiger partial charge in [0.1, 0.15) is 8.24 Å². The van der Waals surface area contributed by atoms with Gasteiger partial charge in [0.2, 0.25) is 0 Å². The molecule has 0 heterocycles. The van der Waals surface area contributed by atoms with Crippen LogP contribution in [-0.4, -0.2) is 54.5 Å². The zero-order valence-electron chi connectivity index (χ0n) is 16.7. The van der Waals surface area contributed by atoms with Gasteiger partial charge < -0.3 is 17.8 Å². The average molecular weight is 364 g/mol. The second kappa shape index (κ2) is 12.6. The molecule has 0 aromatic carbocycles. The monoisotopic (exact) mass is 363 g/mol. The average Bonchev–Trinajstić information content (AvgIpc) is 2.54. The van der Waals surface area contributed by atoms with E-state index in [1.54, 1.807) is 0 Å². The third-order valence-electron chi connectivity index (χ3n) is 4.97. The van der Waals surface area contributed by atoms with Gasteiger partial charge in [-0.2, -0.15) is 0 Å². The topological polar surface area (TPSA) is 30.9 Å². The molecule has 0 aliphatic heterocycles. The molecule has 0 radical (unpaired) electrons. The lowest BCUT2D eigenvalue weighted by atomic mass is 10.3. The van der Waals surface area contributed by atoms with Gasteiger partial charge in [-0.15, -0.1) is 0 Å². The zero-order chi connectivity index (χ0) is 17.8. The summed E-state index contributed by atoms with van der Waals surface area (Å²) in [5, 5.41) is 0. The Hall–Kier alpha value is 0.274. The fraction of sp³-hybridized carbons (Fsp3) is 1.00. The molecule has 0 aliphatic rings. The van der Waals surface area contributed by atoms with Crippen molar-refractivity contribution in [2.45, 2.75) is 79.1 Å². The van der Waals surface area contributed by atoms with E-state index in [-0.39, 0.29) is 0 Å². The van der Waals surface area contributed by atoms with Gasteiger partial charge in [0, 0.05) is 26.3 Å². The van der Waals surface area contributed by atoms with E-state index in [2.05, 4.69) is 32.3 Å². The Morgan fingerprint density at radius 3 is 1.65 bits per heavy atom. The number of hydrogen-bond acceptors (Lipinski definition) is 4. The minimum absolute atomic E-state index is 0.653. The first kappa shape index (κ1) is 23.3. The summed E-state index contributed by atoms with van der Waals surface area (Å²) >= 11 is 0. The highest BCUT2D eigenvalue weighted by Crippen LogP contribution is 2.25. The molecule has 0 spiro atoms. The molecule has 0 rings (SSSR count). The van der Waals surface area contributed by atoms with E-state index in [9.17, 15) is 0 Å². The molecule has 140 valence electrons. The summed E-state index contributed by atoms with van der Waals surface area (Å²) < 4.78 is 20.5. The van der Waals surface area contributed by atoms with Gasteiger partial charge in [0.15, 0.2) is 0 Å². The van der Waals surface area contributed by atoms with E-state index in [1.165, 1.54) is 37.5 Å². The molecule has 0 aromatic heterocycles. The molecule has 0 amide bonds. The summed E-state index contributed by atoms with van der Waals surface area (Å²) in [4.78, 5) is 0. The van der Waals surface area contributed by atoms with Crippen LogP contribution >= 0.6 is 0 Å². The Bertz CT molecular complexity index is 275. The molecule has 0 bridgehead atoms. The maximum absolute atomic E-state index is 6.12. The van der Waals surface area contributed by atoms with Crippen LogP contribution in [-0.2, 0) is 13.3 Å². The van der Waals surface area contributed by atoms with Crippen molar-refractivity contribution in [2.24, 2.45) is 0 Å². The van der Waals surface area contributed by atoms with Gasteiger partial charge in [-0.3, -0.25) is 0 Å². The molecule has 0 saturated carbocycles. The Kier molecular flexibility index (Phi) is 12.8. The van der Waals surface area contributed by atoms with Gasteiger partial charge >= 0.3 is 8.80 Å². The van der Waals surface area contributed by atoms with Crippen molar-refractivity contribution >= 4 is 17.0 Å². The molecule has 0 N–H and O–H groups in total. The van der Waals surface area contributed by atoms with Gasteiger partial charge in [-0.25, -0.2) is 0 Å². The lowest BCUT2D eigenvalue weighted by Crippen LogP contribution is -2.54. The lowest BCUT2D eigenvalue weighted by molar-refractivity contribution is 0.0697. The number of hydrogen-bond donors (Lipinski definition) is 0. The van der Waals surface area contributed by atoms with Gasteiger partial charge in [0.25, 0.3) is 0 Å². The molecule has 0 saturated heterocycles. The highest BCUT2D eigenvalue weighted by atomic mass is 28.4. The normalized spacial score (nSPS) is 13.0. The van der Waals surface area contributed by atoms with Crippen molar-refractivity contribution in [1.29, 1.82) is 0 Å². The minimum atomic E-state index is -2.45. The van der Waals surface area contributed by atoms with Gasteiger partial charge in [0.05, 0.1) is 6.61 Å². The molecule has 23 heavy (non-hydrogen) atoms. The second-order valence-corrected chi connectivity index (χ2v) is 14.0. The number of unbranched alkanes of at least 4 members (excludes halogenated alkanes) is 1. The van der Waals surface area contributed by atoms with Crippen molar-refractivity contribution in [3.05, 3.63) is 0 Å². The third kappa shape index (κ3) is 7.79. The van der Waals surface area contributed by atoms with E-state index in [4.69, 9.17) is 13.3 Å². The van der Waals surface area contributed by atoms with E-state index < -0.39 is 17.0 Å². The molecule has 4 nitrogen and oxygen atoms in total. The highest BCUT2D eigenvalue weighted by Gasteiger charge is 2.36. The van der Waals surface area contributed by atoms with Crippen LogP contribution in [0.3, 0.4) is 0 Å². The largest absolute Gasteiger partial charge is 0.497 e. The molecule has 0 aliphatic carbocycles. The van der Waals surface area contributed by atoms with Crippen LogP contribution in [0.25, 0.3) is 0 Å². The predicted octanol–water partition coefficient (Wildman–Crippen LogP) is 4.75. The highest BCUT2D eigenvalue weighted by molar-refractivity contribution is 6.77. The first-order valence-corrected chi connectivity index (χ1v) is 14.4. The first-order valence-electron chi connectivity index (χ1n) is 9.64. The Morgan fingerprint density at radius 1 is 0.739 bits per heavy atom. The molecule has 0 unspecified atom stereocenters. The van der Waals surface area contributed by atoms with E-state index in [0.29, 0.717) is 13.2 Å². The summed E-state index contributed by atoms with van der Waals surface area (Å²) in [6.07, 6.45) is 2.53. The van der Waals surface area contributed by atoms with Crippen LogP contribution in [0.1, 0.15) is 54.4 Å². The van der Waals surface area contributed by atoms with Crippen molar-refractivity contribution in [2.75, 3.05) is 32.9 Å². The Morgan fingerprint density at radius 2 is 1.26 bits per heavy atom. The summed E-state index contributed by atoms with van der Waals surface area (Å²) in [5.74, 6) is 0. The maximum Gasteiger partial charge on any atom is 0.497 e. The standard InChI is InChI=1S/C17H41NO3Si2/c1-8-14-15-18(23(11-4,12-5)13-6)16-17-21-22(7,19-9-2)20-10-3/h8-17H2,1-7H3. The molecular formula is C17H41NO3Si2. The summed E-state index contributed by atoms with van der Waals surface area (Å²) in [6.45, 7) is 19.7. The van der Waals surface area contributed by atoms with E-state index in [1.807, 2.05) is 20.4 Å². The molecule has 0 fully saturated rings. The van der Waals surface area contributed by atoms with Crippen LogP contribution in [0, 0.1) is 0 Å². The van der Waals surface area contributed by atoms with Gasteiger partial charge in [-0.1, -0.05) is 34.1 Å². The van der Waals surface area contributed by atoms with Crippen LogP contribution in [0.5, 0.6) is 0 Å². The SMILES string of the molecule is CCCCN(CCO[Si](C)(OCC)OCC)[Si](CC)(CC)CC. The number of rotatable bonds is 15. The predicted molar refractivity (Wildman–Crippen MR) is 105 cm³/mol. The first-order chi connectivity index (χ1) is 11.0.